The first-order valence-electron chi connectivity index (χ1n) is 9.37. The smallest absolute Gasteiger partial charge is 0.271 e. The molecule has 1 aliphatic rings. The molecule has 0 spiro atoms. The number of benzene rings is 2. The third-order valence-electron chi connectivity index (χ3n) is 4.82. The molecule has 2 heterocycles. The van der Waals surface area contributed by atoms with E-state index in [4.69, 9.17) is 17.0 Å². The number of non-ortho nitro benzene ring substituents is 1. The molecule has 0 bridgehead atoms. The molecule has 10 heteroatoms. The number of thiocarbonyl (C=S) groups is 1. The highest BCUT2D eigenvalue weighted by Crippen LogP contribution is 2.25. The summed E-state index contributed by atoms with van der Waals surface area (Å²) in [5.74, 6) is -0.606. The van der Waals surface area contributed by atoms with Crippen molar-refractivity contribution in [2.75, 3.05) is 12.0 Å². The quantitative estimate of drug-likeness (QED) is 0.211. The second-order valence-electron chi connectivity index (χ2n) is 6.74. The van der Waals surface area contributed by atoms with Crippen LogP contribution in [0, 0.1) is 10.1 Å². The Morgan fingerprint density at radius 1 is 1.06 bits per heavy atom. The van der Waals surface area contributed by atoms with Gasteiger partial charge in [0, 0.05) is 24.0 Å². The van der Waals surface area contributed by atoms with Crippen molar-refractivity contribution in [3.05, 3.63) is 88.2 Å². The van der Waals surface area contributed by atoms with Crippen molar-refractivity contribution < 1.29 is 19.2 Å². The standard InChI is InChI=1S/C22H16N4O5S/c1-31-18-9-7-14(8-10-18)25-21(28)19(20(27)23-22(25)32)13-16-6-3-11-24(16)15-4-2-5-17(12-15)26(29)30/h2-13H,1H3,(H,23,27,32)/b19-13-. The van der Waals surface area contributed by atoms with Gasteiger partial charge in [0.25, 0.3) is 17.5 Å². The van der Waals surface area contributed by atoms with Crippen LogP contribution in [-0.2, 0) is 9.59 Å². The van der Waals surface area contributed by atoms with Crippen LogP contribution in [-0.4, -0.2) is 33.5 Å². The van der Waals surface area contributed by atoms with E-state index in [-0.39, 0.29) is 16.4 Å². The molecule has 1 saturated heterocycles. The first kappa shape index (κ1) is 20.9. The molecule has 0 unspecified atom stereocenters. The molecule has 4 rings (SSSR count). The normalized spacial score (nSPS) is 15.1. The number of ether oxygens (including phenoxy) is 1. The number of nitro benzene ring substituents is 1. The molecular weight excluding hydrogens is 432 g/mol. The second-order valence-corrected chi connectivity index (χ2v) is 7.12. The number of anilines is 1. The lowest BCUT2D eigenvalue weighted by atomic mass is 10.1. The Morgan fingerprint density at radius 2 is 1.81 bits per heavy atom. The molecule has 32 heavy (non-hydrogen) atoms. The topological polar surface area (TPSA) is 107 Å². The minimum absolute atomic E-state index is 0.0311. The van der Waals surface area contributed by atoms with Crippen molar-refractivity contribution in [1.82, 2.24) is 9.88 Å². The monoisotopic (exact) mass is 448 g/mol. The molecule has 2 amide bonds. The van der Waals surface area contributed by atoms with Gasteiger partial charge in [0.1, 0.15) is 11.3 Å². The summed E-state index contributed by atoms with van der Waals surface area (Å²) in [4.78, 5) is 37.6. The van der Waals surface area contributed by atoms with Gasteiger partial charge in [0.05, 0.1) is 23.4 Å². The molecular formula is C22H16N4O5S. The van der Waals surface area contributed by atoms with E-state index in [1.807, 2.05) is 0 Å². The number of carbonyl (C=O) groups is 2. The zero-order valence-corrected chi connectivity index (χ0v) is 17.5. The van der Waals surface area contributed by atoms with E-state index in [1.165, 1.54) is 30.2 Å². The van der Waals surface area contributed by atoms with E-state index in [0.29, 0.717) is 22.8 Å². The minimum atomic E-state index is -0.628. The lowest BCUT2D eigenvalue weighted by Crippen LogP contribution is -2.54. The minimum Gasteiger partial charge on any atom is -0.497 e. The number of carbonyl (C=O) groups excluding carboxylic acids is 2. The molecule has 9 nitrogen and oxygen atoms in total. The zero-order valence-electron chi connectivity index (χ0n) is 16.7. The lowest BCUT2D eigenvalue weighted by molar-refractivity contribution is -0.384. The van der Waals surface area contributed by atoms with Gasteiger partial charge < -0.3 is 9.30 Å². The molecule has 1 N–H and O–H groups in total. The number of aromatic nitrogens is 1. The van der Waals surface area contributed by atoms with Crippen LogP contribution < -0.4 is 15.0 Å². The van der Waals surface area contributed by atoms with Crippen molar-refractivity contribution in [3.8, 4) is 11.4 Å². The van der Waals surface area contributed by atoms with Crippen LogP contribution in [0.3, 0.4) is 0 Å². The Kier molecular flexibility index (Phi) is 5.52. The summed E-state index contributed by atoms with van der Waals surface area (Å²) in [7, 11) is 1.53. The van der Waals surface area contributed by atoms with Gasteiger partial charge in [-0.25, -0.2) is 0 Å². The van der Waals surface area contributed by atoms with Crippen LogP contribution in [0.4, 0.5) is 11.4 Å². The molecule has 1 aromatic heterocycles. The molecule has 0 atom stereocenters. The fourth-order valence-electron chi connectivity index (χ4n) is 3.27. The van der Waals surface area contributed by atoms with Gasteiger partial charge in [-0.05, 0) is 60.8 Å². The van der Waals surface area contributed by atoms with Gasteiger partial charge in [-0.15, -0.1) is 0 Å². The second kappa shape index (κ2) is 8.44. The van der Waals surface area contributed by atoms with Crippen LogP contribution >= 0.6 is 12.2 Å². The summed E-state index contributed by atoms with van der Waals surface area (Å²) in [5.41, 5.74) is 1.28. The molecule has 1 fully saturated rings. The maximum Gasteiger partial charge on any atom is 0.271 e. The van der Waals surface area contributed by atoms with Crippen molar-refractivity contribution in [2.45, 2.75) is 0 Å². The molecule has 160 valence electrons. The van der Waals surface area contributed by atoms with Crippen molar-refractivity contribution in [1.29, 1.82) is 0 Å². The fourth-order valence-corrected chi connectivity index (χ4v) is 3.56. The number of nitrogens with zero attached hydrogens (tertiary/aromatic N) is 3. The Hall–Kier alpha value is -4.31. The largest absolute Gasteiger partial charge is 0.497 e. The Balaban J connectivity index is 1.72. The van der Waals surface area contributed by atoms with Gasteiger partial charge >= 0.3 is 0 Å². The summed E-state index contributed by atoms with van der Waals surface area (Å²) in [6.07, 6.45) is 3.11. The molecule has 0 radical (unpaired) electrons. The Morgan fingerprint density at radius 3 is 2.50 bits per heavy atom. The number of rotatable bonds is 5. The third-order valence-corrected chi connectivity index (χ3v) is 5.11. The van der Waals surface area contributed by atoms with E-state index in [1.54, 1.807) is 59.3 Å². The highest BCUT2D eigenvalue weighted by Gasteiger charge is 2.34. The number of nitro groups is 1. The first-order chi connectivity index (χ1) is 15.4. The highest BCUT2D eigenvalue weighted by molar-refractivity contribution is 7.80. The van der Waals surface area contributed by atoms with Crippen LogP contribution in [0.2, 0.25) is 0 Å². The van der Waals surface area contributed by atoms with E-state index in [2.05, 4.69) is 5.32 Å². The third kappa shape index (κ3) is 3.86. The first-order valence-corrected chi connectivity index (χ1v) is 9.77. The summed E-state index contributed by atoms with van der Waals surface area (Å²) in [5, 5.41) is 13.6. The van der Waals surface area contributed by atoms with Crippen molar-refractivity contribution in [3.63, 3.8) is 0 Å². The lowest BCUT2D eigenvalue weighted by Gasteiger charge is -2.29. The Bertz CT molecular complexity index is 1280. The highest BCUT2D eigenvalue weighted by atomic mass is 32.1. The average Bonchev–Trinajstić information content (AvgIpc) is 3.25. The predicted molar refractivity (Wildman–Crippen MR) is 122 cm³/mol. The summed E-state index contributed by atoms with van der Waals surface area (Å²) in [6.45, 7) is 0. The fraction of sp³-hybridized carbons (Fsp3) is 0.0455. The number of hydrogen-bond donors (Lipinski definition) is 1. The van der Waals surface area contributed by atoms with Gasteiger partial charge in [-0.3, -0.25) is 29.9 Å². The van der Waals surface area contributed by atoms with E-state index >= 15 is 0 Å². The molecule has 2 aromatic carbocycles. The summed E-state index contributed by atoms with van der Waals surface area (Å²) >= 11 is 5.21. The maximum absolute atomic E-state index is 13.2. The SMILES string of the molecule is COc1ccc(N2C(=O)/C(=C\c3cccn3-c3cccc([N+](=O)[O-])c3)C(=O)NC2=S)cc1. The summed E-state index contributed by atoms with van der Waals surface area (Å²) < 4.78 is 6.78. The van der Waals surface area contributed by atoms with Crippen LogP contribution in [0.5, 0.6) is 5.75 Å². The van der Waals surface area contributed by atoms with Crippen molar-refractivity contribution >= 4 is 46.6 Å². The van der Waals surface area contributed by atoms with E-state index < -0.39 is 16.7 Å². The summed E-state index contributed by atoms with van der Waals surface area (Å²) in [6, 6.07) is 16.1. The number of amides is 2. The molecule has 1 aliphatic heterocycles. The van der Waals surface area contributed by atoms with Crippen LogP contribution in [0.25, 0.3) is 11.8 Å². The Labute approximate surface area is 187 Å². The maximum atomic E-state index is 13.2. The number of methoxy groups -OCH3 is 1. The van der Waals surface area contributed by atoms with E-state index in [9.17, 15) is 19.7 Å². The average molecular weight is 448 g/mol. The van der Waals surface area contributed by atoms with Gasteiger partial charge in [-0.1, -0.05) is 6.07 Å². The number of nitrogens with one attached hydrogen (secondary N) is 1. The van der Waals surface area contributed by atoms with Gasteiger partial charge in [-0.2, -0.15) is 0 Å². The van der Waals surface area contributed by atoms with Gasteiger partial charge in [0.15, 0.2) is 5.11 Å². The van der Waals surface area contributed by atoms with E-state index in [0.717, 1.165) is 0 Å². The number of hydrogen-bond acceptors (Lipinski definition) is 6. The molecule has 0 aliphatic carbocycles. The van der Waals surface area contributed by atoms with Crippen molar-refractivity contribution in [2.24, 2.45) is 0 Å². The predicted octanol–water partition coefficient (Wildman–Crippen LogP) is 3.23. The van der Waals surface area contributed by atoms with Gasteiger partial charge in [0.2, 0.25) is 0 Å². The molecule has 3 aromatic rings. The van der Waals surface area contributed by atoms with Crippen LogP contribution in [0.15, 0.2) is 72.4 Å². The zero-order chi connectivity index (χ0) is 22.8. The molecule has 0 saturated carbocycles. The van der Waals surface area contributed by atoms with Crippen LogP contribution in [0.1, 0.15) is 5.69 Å².